The van der Waals surface area contributed by atoms with Gasteiger partial charge in [0.15, 0.2) is 5.82 Å². The van der Waals surface area contributed by atoms with Gasteiger partial charge in [0.2, 0.25) is 10.0 Å². The van der Waals surface area contributed by atoms with Gasteiger partial charge in [0.1, 0.15) is 5.75 Å². The van der Waals surface area contributed by atoms with Gasteiger partial charge < -0.3 is 14.5 Å². The van der Waals surface area contributed by atoms with Crippen molar-refractivity contribution >= 4 is 38.1 Å². The third kappa shape index (κ3) is 5.49. The van der Waals surface area contributed by atoms with Crippen LogP contribution in [0.5, 0.6) is 11.8 Å². The molecule has 0 radical (unpaired) electrons. The van der Waals surface area contributed by atoms with Crippen molar-refractivity contribution in [2.24, 2.45) is 0 Å². The van der Waals surface area contributed by atoms with Gasteiger partial charge in [-0.1, -0.05) is 41.0 Å². The first kappa shape index (κ1) is 26.4. The molecule has 3 aromatic carbocycles. The molecule has 1 atom stereocenters. The lowest BCUT2D eigenvalue weighted by molar-refractivity contribution is 0.312. The molecule has 0 saturated carbocycles. The van der Waals surface area contributed by atoms with Gasteiger partial charge in [-0.2, -0.15) is 0 Å². The predicted molar refractivity (Wildman–Crippen MR) is 150 cm³/mol. The molecule has 2 heterocycles. The number of hydrogen-bond donors (Lipinski definition) is 1. The summed E-state index contributed by atoms with van der Waals surface area (Å²) in [5.41, 5.74) is 1.09. The van der Waals surface area contributed by atoms with Crippen molar-refractivity contribution in [1.82, 2.24) is 24.4 Å². The summed E-state index contributed by atoms with van der Waals surface area (Å²) in [4.78, 5) is 4.80. The summed E-state index contributed by atoms with van der Waals surface area (Å²) in [7, 11) is -1.70. The minimum absolute atomic E-state index is 0.152. The normalized spacial score (nSPS) is 15.6. The number of piperazine rings is 1. The third-order valence-corrected chi connectivity index (χ3v) is 8.65. The van der Waals surface area contributed by atoms with Crippen molar-refractivity contribution in [3.63, 3.8) is 0 Å². The maximum atomic E-state index is 13.2. The highest BCUT2D eigenvalue weighted by Crippen LogP contribution is 2.29. The van der Waals surface area contributed by atoms with E-state index in [9.17, 15) is 8.42 Å². The Balaban J connectivity index is 1.34. The number of anilines is 1. The quantitative estimate of drug-likeness (QED) is 0.338. The van der Waals surface area contributed by atoms with Crippen molar-refractivity contribution < 1.29 is 13.2 Å². The molecule has 0 amide bonds. The molecule has 0 aliphatic carbocycles. The van der Waals surface area contributed by atoms with Crippen LogP contribution in [0, 0.1) is 0 Å². The lowest BCUT2D eigenvalue weighted by Crippen LogP contribution is -2.44. The van der Waals surface area contributed by atoms with Crippen LogP contribution in [0.15, 0.2) is 65.6 Å². The third-order valence-electron chi connectivity index (χ3n) is 6.79. The number of aromatic nitrogens is 3. The Morgan fingerprint density at radius 3 is 2.55 bits per heavy atom. The number of rotatable bonds is 8. The van der Waals surface area contributed by atoms with E-state index in [1.54, 1.807) is 41.8 Å². The second-order valence-corrected chi connectivity index (χ2v) is 11.6. The van der Waals surface area contributed by atoms with Gasteiger partial charge >= 0.3 is 6.01 Å². The summed E-state index contributed by atoms with van der Waals surface area (Å²) in [6.07, 6.45) is 0. The number of likely N-dealkylation sites (N-methyl/N-ethyl adjacent to an activating group) is 1. The molecule has 4 aromatic rings. The molecule has 0 bridgehead atoms. The van der Waals surface area contributed by atoms with Gasteiger partial charge in [-0.15, -0.1) is 5.10 Å². The highest BCUT2D eigenvalue weighted by molar-refractivity contribution is 7.89. The van der Waals surface area contributed by atoms with Crippen LogP contribution in [0.2, 0.25) is 5.02 Å². The van der Waals surface area contributed by atoms with Crippen molar-refractivity contribution in [3.05, 3.63) is 71.5 Å². The van der Waals surface area contributed by atoms with Gasteiger partial charge in [0, 0.05) is 54.9 Å². The van der Waals surface area contributed by atoms with Crippen LogP contribution in [0.25, 0.3) is 10.8 Å². The van der Waals surface area contributed by atoms with Gasteiger partial charge in [0.05, 0.1) is 10.9 Å². The first-order chi connectivity index (χ1) is 18.2. The fourth-order valence-electron chi connectivity index (χ4n) is 4.65. The zero-order chi connectivity index (χ0) is 26.9. The largest absolute Gasteiger partial charge is 0.424 e. The summed E-state index contributed by atoms with van der Waals surface area (Å²) in [5, 5.41) is 10.6. The minimum Gasteiger partial charge on any atom is -0.424 e. The highest BCUT2D eigenvalue weighted by Gasteiger charge is 2.25. The Hall–Kier alpha value is -3.18. The maximum absolute atomic E-state index is 13.2. The number of halogens is 1. The van der Waals surface area contributed by atoms with E-state index in [4.69, 9.17) is 16.3 Å². The summed E-state index contributed by atoms with van der Waals surface area (Å²) in [6, 6.07) is 17.9. The second-order valence-electron chi connectivity index (χ2n) is 9.44. The molecule has 1 aromatic heterocycles. The molecular formula is C27H31ClN6O3S. The van der Waals surface area contributed by atoms with Crippen LogP contribution in [0.4, 0.5) is 5.69 Å². The van der Waals surface area contributed by atoms with Crippen LogP contribution in [0.3, 0.4) is 0 Å². The molecule has 9 nitrogen and oxygen atoms in total. The molecule has 0 spiro atoms. The van der Waals surface area contributed by atoms with E-state index < -0.39 is 16.1 Å². The lowest BCUT2D eigenvalue weighted by Gasteiger charge is -2.34. The zero-order valence-electron chi connectivity index (χ0n) is 21.6. The molecule has 1 aliphatic rings. The van der Waals surface area contributed by atoms with E-state index in [1.165, 1.54) is 0 Å². The molecular weight excluding hydrogens is 524 g/mol. The summed E-state index contributed by atoms with van der Waals surface area (Å²) >= 11 is 6.24. The Kier molecular flexibility index (Phi) is 7.58. The standard InChI is InChI=1S/C27H31ClN6O3S/c1-4-34-26(19(2)31-38(35,36)23-11-12-24-20(17-23)7-5-10-25(24)28)29-30-27(34)37-22-9-6-8-21(18-22)33-15-13-32(3)14-16-33/h5-12,17-19,31H,4,13-16H2,1-3H3/t19-/m1/s1. The first-order valence-electron chi connectivity index (χ1n) is 12.6. The molecule has 38 heavy (non-hydrogen) atoms. The number of sulfonamides is 1. The Bertz CT molecular complexity index is 1550. The number of ether oxygens (including phenoxy) is 1. The van der Waals surface area contributed by atoms with Gasteiger partial charge in [-0.3, -0.25) is 4.57 Å². The highest BCUT2D eigenvalue weighted by atomic mass is 35.5. The van der Waals surface area contributed by atoms with E-state index in [2.05, 4.69) is 37.8 Å². The van der Waals surface area contributed by atoms with Crippen LogP contribution >= 0.6 is 11.6 Å². The second kappa shape index (κ2) is 10.9. The van der Waals surface area contributed by atoms with Crippen LogP contribution in [-0.2, 0) is 16.6 Å². The zero-order valence-corrected chi connectivity index (χ0v) is 23.2. The molecule has 200 valence electrons. The number of fused-ring (bicyclic) bond motifs is 1. The van der Waals surface area contributed by atoms with Crippen molar-refractivity contribution in [2.75, 3.05) is 38.1 Å². The number of benzene rings is 3. The molecule has 5 rings (SSSR count). The average molecular weight is 555 g/mol. The first-order valence-corrected chi connectivity index (χ1v) is 14.5. The smallest absolute Gasteiger partial charge is 0.322 e. The molecule has 11 heteroatoms. The van der Waals surface area contributed by atoms with E-state index in [-0.39, 0.29) is 4.90 Å². The van der Waals surface area contributed by atoms with Gasteiger partial charge in [0.25, 0.3) is 0 Å². The molecule has 1 saturated heterocycles. The van der Waals surface area contributed by atoms with Crippen LogP contribution in [-0.4, -0.2) is 61.3 Å². The van der Waals surface area contributed by atoms with Crippen LogP contribution in [0.1, 0.15) is 25.7 Å². The summed E-state index contributed by atoms with van der Waals surface area (Å²) in [6.45, 7) is 8.13. The minimum atomic E-state index is -3.83. The fraction of sp³-hybridized carbons (Fsp3) is 0.333. The molecule has 1 aliphatic heterocycles. The molecule has 0 unspecified atom stereocenters. The average Bonchev–Trinajstić information content (AvgIpc) is 3.31. The van der Waals surface area contributed by atoms with Crippen molar-refractivity contribution in [2.45, 2.75) is 31.3 Å². The SMILES string of the molecule is CCn1c(Oc2cccc(N3CCN(C)CC3)c2)nnc1[C@@H](C)NS(=O)(=O)c1ccc2c(Cl)cccc2c1. The topological polar surface area (TPSA) is 92.6 Å². The number of nitrogens with one attached hydrogen (secondary N) is 1. The van der Waals surface area contributed by atoms with Crippen molar-refractivity contribution in [1.29, 1.82) is 0 Å². The van der Waals surface area contributed by atoms with E-state index in [0.29, 0.717) is 29.2 Å². The van der Waals surface area contributed by atoms with Gasteiger partial charge in [-0.05, 0) is 56.6 Å². The van der Waals surface area contributed by atoms with Crippen molar-refractivity contribution in [3.8, 4) is 11.8 Å². The lowest BCUT2D eigenvalue weighted by atomic mass is 10.1. The van der Waals surface area contributed by atoms with E-state index in [1.807, 2.05) is 31.2 Å². The Labute approximate surface area is 228 Å². The Morgan fingerprint density at radius 1 is 1.03 bits per heavy atom. The maximum Gasteiger partial charge on any atom is 0.322 e. The van der Waals surface area contributed by atoms with Gasteiger partial charge in [-0.25, -0.2) is 13.1 Å². The predicted octanol–water partition coefficient (Wildman–Crippen LogP) is 4.69. The van der Waals surface area contributed by atoms with E-state index in [0.717, 1.165) is 42.6 Å². The summed E-state index contributed by atoms with van der Waals surface area (Å²) < 4.78 is 37.0. The number of nitrogens with zero attached hydrogens (tertiary/aromatic N) is 5. The fourth-order valence-corrected chi connectivity index (χ4v) is 6.13. The van der Waals surface area contributed by atoms with Crippen LogP contribution < -0.4 is 14.4 Å². The summed E-state index contributed by atoms with van der Waals surface area (Å²) in [5.74, 6) is 1.11. The van der Waals surface area contributed by atoms with E-state index >= 15 is 0 Å². The monoisotopic (exact) mass is 554 g/mol. The molecule has 1 fully saturated rings. The molecule has 1 N–H and O–H groups in total. The Morgan fingerprint density at radius 2 is 1.79 bits per heavy atom. The number of hydrogen-bond acceptors (Lipinski definition) is 7.